The zero-order chi connectivity index (χ0) is 15.5. The lowest BCUT2D eigenvalue weighted by Crippen LogP contribution is -2.63. The molecule has 0 aliphatic carbocycles. The van der Waals surface area contributed by atoms with Crippen molar-refractivity contribution in [2.45, 2.75) is 24.9 Å². The van der Waals surface area contributed by atoms with Gasteiger partial charge in [-0.15, -0.1) is 0 Å². The van der Waals surface area contributed by atoms with Crippen molar-refractivity contribution in [1.29, 1.82) is 0 Å². The summed E-state index contributed by atoms with van der Waals surface area (Å²) in [6.45, 7) is 3.49. The lowest BCUT2D eigenvalue weighted by atomic mass is 10.00. The third kappa shape index (κ3) is 3.84. The quantitative estimate of drug-likeness (QED) is 0.886. The van der Waals surface area contributed by atoms with E-state index in [-0.39, 0.29) is 12.1 Å². The maximum atomic E-state index is 12.0. The number of carbonyl (C=O) groups is 1. The molecule has 0 atom stereocenters. The van der Waals surface area contributed by atoms with Crippen LogP contribution in [0.5, 0.6) is 0 Å². The Morgan fingerprint density at radius 1 is 1.18 bits per heavy atom. The number of likely N-dealkylation sites (tertiary alicyclic amines) is 1. The maximum absolute atomic E-state index is 12.0. The highest BCUT2D eigenvalue weighted by atomic mass is 35.5. The van der Waals surface area contributed by atoms with Crippen LogP contribution in [0.15, 0.2) is 18.2 Å². The van der Waals surface area contributed by atoms with E-state index < -0.39 is 0 Å². The minimum Gasteiger partial charge on any atom is -0.381 e. The highest BCUT2D eigenvalue weighted by molar-refractivity contribution is 6.42. The van der Waals surface area contributed by atoms with E-state index in [2.05, 4.69) is 15.5 Å². The standard InChI is InChI=1S/C15H19Cl2N3O2/c16-13-2-1-10(7-14(13)17)18-15(21)19-11-8-20(9-11)12-3-5-22-6-4-12/h1-2,7,11-12H,3-6,8-9H2,(H2,18,19,21). The molecule has 1 aromatic rings. The SMILES string of the molecule is O=C(Nc1ccc(Cl)c(Cl)c1)NC1CN(C2CCOCC2)C1. The van der Waals surface area contributed by atoms with Gasteiger partial charge in [0, 0.05) is 38.0 Å². The first kappa shape index (κ1) is 15.9. The predicted molar refractivity (Wildman–Crippen MR) is 87.8 cm³/mol. The van der Waals surface area contributed by atoms with Gasteiger partial charge in [-0.1, -0.05) is 23.2 Å². The molecule has 0 unspecified atom stereocenters. The van der Waals surface area contributed by atoms with Crippen LogP contribution in [0.4, 0.5) is 10.5 Å². The molecule has 5 nitrogen and oxygen atoms in total. The summed E-state index contributed by atoms with van der Waals surface area (Å²) in [5.41, 5.74) is 0.632. The number of hydrogen-bond acceptors (Lipinski definition) is 3. The Labute approximate surface area is 139 Å². The second-order valence-corrected chi connectivity index (χ2v) is 6.54. The van der Waals surface area contributed by atoms with E-state index in [1.807, 2.05) is 0 Å². The average Bonchev–Trinajstić information content (AvgIpc) is 2.47. The van der Waals surface area contributed by atoms with Gasteiger partial charge in [0.15, 0.2) is 0 Å². The molecule has 2 heterocycles. The van der Waals surface area contributed by atoms with Crippen molar-refractivity contribution >= 4 is 34.9 Å². The van der Waals surface area contributed by atoms with Crippen LogP contribution in [0.1, 0.15) is 12.8 Å². The molecule has 3 rings (SSSR count). The number of carbonyl (C=O) groups excluding carboxylic acids is 1. The molecule has 120 valence electrons. The summed E-state index contributed by atoms with van der Waals surface area (Å²) in [5.74, 6) is 0. The van der Waals surface area contributed by atoms with Gasteiger partial charge in [-0.2, -0.15) is 0 Å². The molecule has 0 bridgehead atoms. The molecule has 7 heteroatoms. The van der Waals surface area contributed by atoms with Gasteiger partial charge in [-0.05, 0) is 31.0 Å². The summed E-state index contributed by atoms with van der Waals surface area (Å²) in [6, 6.07) is 5.61. The van der Waals surface area contributed by atoms with Crippen LogP contribution in [0.25, 0.3) is 0 Å². The summed E-state index contributed by atoms with van der Waals surface area (Å²) in [7, 11) is 0. The van der Waals surface area contributed by atoms with Gasteiger partial charge in [0.1, 0.15) is 0 Å². The van der Waals surface area contributed by atoms with Gasteiger partial charge in [0.05, 0.1) is 16.1 Å². The van der Waals surface area contributed by atoms with Crippen molar-refractivity contribution in [2.24, 2.45) is 0 Å². The molecule has 22 heavy (non-hydrogen) atoms. The Morgan fingerprint density at radius 2 is 1.91 bits per heavy atom. The van der Waals surface area contributed by atoms with Crippen LogP contribution in [0, 0.1) is 0 Å². The minimum absolute atomic E-state index is 0.200. The molecule has 2 saturated heterocycles. The first-order valence-electron chi connectivity index (χ1n) is 7.46. The zero-order valence-electron chi connectivity index (χ0n) is 12.1. The molecule has 0 aromatic heterocycles. The number of benzene rings is 1. The van der Waals surface area contributed by atoms with Crippen LogP contribution in [-0.4, -0.2) is 49.3 Å². The monoisotopic (exact) mass is 343 g/mol. The van der Waals surface area contributed by atoms with Crippen molar-refractivity contribution in [3.8, 4) is 0 Å². The minimum atomic E-state index is -0.213. The number of urea groups is 1. The van der Waals surface area contributed by atoms with Gasteiger partial charge < -0.3 is 15.4 Å². The fraction of sp³-hybridized carbons (Fsp3) is 0.533. The lowest BCUT2D eigenvalue weighted by Gasteiger charge is -2.45. The highest BCUT2D eigenvalue weighted by Gasteiger charge is 2.33. The first-order chi connectivity index (χ1) is 10.6. The maximum Gasteiger partial charge on any atom is 0.319 e. The Balaban J connectivity index is 1.42. The third-order valence-electron chi connectivity index (χ3n) is 4.13. The van der Waals surface area contributed by atoms with Crippen LogP contribution in [0.2, 0.25) is 10.0 Å². The van der Waals surface area contributed by atoms with E-state index in [9.17, 15) is 4.79 Å². The Hall–Kier alpha value is -1.01. The van der Waals surface area contributed by atoms with Crippen LogP contribution in [0.3, 0.4) is 0 Å². The Bertz CT molecular complexity index is 544. The number of nitrogens with zero attached hydrogens (tertiary/aromatic N) is 1. The fourth-order valence-electron chi connectivity index (χ4n) is 2.88. The zero-order valence-corrected chi connectivity index (χ0v) is 13.7. The van der Waals surface area contributed by atoms with Gasteiger partial charge in [0.25, 0.3) is 0 Å². The average molecular weight is 344 g/mol. The number of ether oxygens (including phenoxy) is 1. The molecule has 2 N–H and O–H groups in total. The van der Waals surface area contributed by atoms with E-state index in [4.69, 9.17) is 27.9 Å². The summed E-state index contributed by atoms with van der Waals surface area (Å²) < 4.78 is 5.37. The van der Waals surface area contributed by atoms with Crippen molar-refractivity contribution in [2.75, 3.05) is 31.6 Å². The van der Waals surface area contributed by atoms with Crippen molar-refractivity contribution in [3.05, 3.63) is 28.2 Å². The fourth-order valence-corrected chi connectivity index (χ4v) is 3.18. The molecule has 1 aromatic carbocycles. The second kappa shape index (κ2) is 7.04. The highest BCUT2D eigenvalue weighted by Crippen LogP contribution is 2.25. The number of hydrogen-bond donors (Lipinski definition) is 2. The summed E-state index contributed by atoms with van der Waals surface area (Å²) in [6.07, 6.45) is 2.17. The molecular formula is C15H19Cl2N3O2. The second-order valence-electron chi connectivity index (χ2n) is 5.72. The molecule has 2 aliphatic rings. The van der Waals surface area contributed by atoms with Gasteiger partial charge in [-0.3, -0.25) is 4.90 Å². The number of amides is 2. The van der Waals surface area contributed by atoms with E-state index in [1.54, 1.807) is 18.2 Å². The summed E-state index contributed by atoms with van der Waals surface area (Å²) in [4.78, 5) is 14.4. The normalized spacial score (nSPS) is 20.5. The third-order valence-corrected chi connectivity index (χ3v) is 4.87. The lowest BCUT2D eigenvalue weighted by molar-refractivity contribution is -0.00122. The molecular weight excluding hydrogens is 325 g/mol. The summed E-state index contributed by atoms with van der Waals surface area (Å²) >= 11 is 11.8. The number of nitrogens with one attached hydrogen (secondary N) is 2. The van der Waals surface area contributed by atoms with Gasteiger partial charge in [0.2, 0.25) is 0 Å². The van der Waals surface area contributed by atoms with E-state index in [1.165, 1.54) is 0 Å². The predicted octanol–water partition coefficient (Wildman–Crippen LogP) is 2.98. The molecule has 2 amide bonds. The van der Waals surface area contributed by atoms with E-state index >= 15 is 0 Å². The van der Waals surface area contributed by atoms with E-state index in [0.717, 1.165) is 39.1 Å². The van der Waals surface area contributed by atoms with Crippen LogP contribution >= 0.6 is 23.2 Å². The van der Waals surface area contributed by atoms with Gasteiger partial charge >= 0.3 is 6.03 Å². The molecule has 0 saturated carbocycles. The topological polar surface area (TPSA) is 53.6 Å². The molecule has 2 fully saturated rings. The van der Waals surface area contributed by atoms with Crippen molar-refractivity contribution in [3.63, 3.8) is 0 Å². The molecule has 0 spiro atoms. The van der Waals surface area contributed by atoms with Crippen molar-refractivity contribution in [1.82, 2.24) is 10.2 Å². The Morgan fingerprint density at radius 3 is 2.59 bits per heavy atom. The van der Waals surface area contributed by atoms with Gasteiger partial charge in [-0.25, -0.2) is 4.79 Å². The number of halogens is 2. The first-order valence-corrected chi connectivity index (χ1v) is 8.22. The number of rotatable bonds is 3. The molecule has 2 aliphatic heterocycles. The molecule has 0 radical (unpaired) electrons. The number of anilines is 1. The van der Waals surface area contributed by atoms with Crippen LogP contribution < -0.4 is 10.6 Å². The Kier molecular flexibility index (Phi) is 5.08. The summed E-state index contributed by atoms with van der Waals surface area (Å²) in [5, 5.41) is 6.64. The van der Waals surface area contributed by atoms with E-state index in [0.29, 0.717) is 21.8 Å². The van der Waals surface area contributed by atoms with Crippen LogP contribution in [-0.2, 0) is 4.74 Å². The van der Waals surface area contributed by atoms with Crippen molar-refractivity contribution < 1.29 is 9.53 Å². The smallest absolute Gasteiger partial charge is 0.319 e. The largest absolute Gasteiger partial charge is 0.381 e.